The zero-order valence-electron chi connectivity index (χ0n) is 31.7. The van der Waals surface area contributed by atoms with E-state index in [9.17, 15) is 4.79 Å². The van der Waals surface area contributed by atoms with Gasteiger partial charge < -0.3 is 18.6 Å². The summed E-state index contributed by atoms with van der Waals surface area (Å²) in [6.07, 6.45) is 8.58. The number of hydrogen-bond donors (Lipinski definition) is 0. The minimum absolute atomic E-state index is 0.00882. The number of unbranched alkanes of at least 4 members (excludes halogenated alkanes) is 4. The number of carbonyl (C=O) groups is 1. The van der Waals surface area contributed by atoms with Gasteiger partial charge in [-0.15, -0.1) is 0 Å². The van der Waals surface area contributed by atoms with E-state index in [1.54, 1.807) is 0 Å². The highest BCUT2D eigenvalue weighted by atomic mass is 16.6. The highest BCUT2D eigenvalue weighted by molar-refractivity contribution is 6.26. The van der Waals surface area contributed by atoms with Gasteiger partial charge in [-0.1, -0.05) is 126 Å². The van der Waals surface area contributed by atoms with Crippen LogP contribution >= 0.6 is 0 Å². The largest absolute Gasteiger partial charge is 0.462 e. The summed E-state index contributed by atoms with van der Waals surface area (Å²) in [5, 5.41) is 4.94. The number of carbonyl (C=O) groups excluding carboxylic acids is 1. The average Bonchev–Trinajstić information content (AvgIpc) is 3.78. The Morgan fingerprint density at radius 2 is 1.42 bits per heavy atom. The molecule has 0 aliphatic carbocycles. The van der Waals surface area contributed by atoms with Gasteiger partial charge in [0.2, 0.25) is 0 Å². The second kappa shape index (κ2) is 14.5. The van der Waals surface area contributed by atoms with Crippen molar-refractivity contribution in [2.24, 2.45) is 5.41 Å². The number of ether oxygens (including phenoxy) is 2. The molecule has 53 heavy (non-hydrogen) atoms. The van der Waals surface area contributed by atoms with Crippen LogP contribution in [0.1, 0.15) is 90.5 Å². The van der Waals surface area contributed by atoms with Gasteiger partial charge in [0.1, 0.15) is 12.2 Å². The van der Waals surface area contributed by atoms with Gasteiger partial charge >= 0.3 is 5.97 Å². The Hall–Kier alpha value is -4.87. The topological polar surface area (TPSA) is 48.7 Å². The number of aromatic nitrogens is 2. The fraction of sp³-hybridized carbons (Fsp3) is 0.354. The molecule has 5 nitrogen and oxygen atoms in total. The van der Waals surface area contributed by atoms with Crippen LogP contribution in [0.15, 0.2) is 115 Å². The number of nitrogens with zero attached hydrogens (tertiary/aromatic N) is 2. The van der Waals surface area contributed by atoms with Crippen LogP contribution < -0.4 is 0 Å². The minimum Gasteiger partial charge on any atom is -0.462 e. The fourth-order valence-corrected chi connectivity index (χ4v) is 8.91. The number of esters is 1. The molecule has 0 saturated carbocycles. The molecule has 272 valence electrons. The smallest absolute Gasteiger partial charge is 0.312 e. The summed E-state index contributed by atoms with van der Waals surface area (Å²) >= 11 is 0. The van der Waals surface area contributed by atoms with Crippen LogP contribution in [0, 0.1) is 5.41 Å². The van der Waals surface area contributed by atoms with Crippen LogP contribution in [0.4, 0.5) is 0 Å². The number of hydrogen-bond acceptors (Lipinski definition) is 3. The molecule has 0 radical (unpaired) electrons. The van der Waals surface area contributed by atoms with Crippen molar-refractivity contribution in [3.05, 3.63) is 121 Å². The van der Waals surface area contributed by atoms with Crippen LogP contribution in [0.3, 0.4) is 0 Å². The van der Waals surface area contributed by atoms with Crippen LogP contribution in [-0.4, -0.2) is 33.9 Å². The molecule has 0 amide bonds. The first-order chi connectivity index (χ1) is 25.9. The summed E-state index contributed by atoms with van der Waals surface area (Å²) in [4.78, 5) is 14.1. The van der Waals surface area contributed by atoms with E-state index in [1.165, 1.54) is 58.3 Å². The molecule has 3 atom stereocenters. The molecular formula is C48H52N2O3. The fourth-order valence-electron chi connectivity index (χ4n) is 8.91. The van der Waals surface area contributed by atoms with E-state index in [0.717, 1.165) is 47.2 Å². The summed E-state index contributed by atoms with van der Waals surface area (Å²) < 4.78 is 16.9. The molecule has 3 unspecified atom stereocenters. The first-order valence-corrected chi connectivity index (χ1v) is 19.8. The molecule has 3 heterocycles. The third-order valence-electron chi connectivity index (χ3n) is 12.1. The predicted molar refractivity (Wildman–Crippen MR) is 220 cm³/mol. The summed E-state index contributed by atoms with van der Waals surface area (Å²) in [5.41, 5.74) is 7.17. The molecule has 0 N–H and O–H groups in total. The van der Waals surface area contributed by atoms with Crippen molar-refractivity contribution in [1.82, 2.24) is 9.13 Å². The SMILES string of the molecule is CCCCCCCC1(COC(=O)C(C)(CC)C(CC)c2cccc(-n3c4ccccc4c4c3ccc3c5ccccc5n(-c5ccccc5)c34)c2)CO1. The predicted octanol–water partition coefficient (Wildman–Crippen LogP) is 12.5. The monoisotopic (exact) mass is 704 g/mol. The Labute approximate surface area is 313 Å². The lowest BCUT2D eigenvalue weighted by molar-refractivity contribution is -0.159. The van der Waals surface area contributed by atoms with Crippen LogP contribution in [0.25, 0.3) is 55.0 Å². The van der Waals surface area contributed by atoms with Crippen LogP contribution in [-0.2, 0) is 14.3 Å². The van der Waals surface area contributed by atoms with E-state index >= 15 is 0 Å². The third kappa shape index (κ3) is 6.23. The number of rotatable bonds is 15. The van der Waals surface area contributed by atoms with Gasteiger partial charge in [-0.3, -0.25) is 4.79 Å². The maximum atomic E-state index is 14.1. The normalized spacial score (nSPS) is 17.4. The maximum Gasteiger partial charge on any atom is 0.312 e. The molecule has 1 aliphatic rings. The number of epoxide rings is 1. The van der Waals surface area contributed by atoms with E-state index in [0.29, 0.717) is 19.6 Å². The minimum atomic E-state index is -0.672. The highest BCUT2D eigenvalue weighted by Crippen LogP contribution is 2.45. The Balaban J connectivity index is 1.18. The molecule has 0 bridgehead atoms. The van der Waals surface area contributed by atoms with Crippen LogP contribution in [0.2, 0.25) is 0 Å². The van der Waals surface area contributed by atoms with Crippen LogP contribution in [0.5, 0.6) is 0 Å². The van der Waals surface area contributed by atoms with Crippen molar-refractivity contribution in [2.75, 3.05) is 13.2 Å². The number of fused-ring (bicyclic) bond motifs is 7. The zero-order valence-corrected chi connectivity index (χ0v) is 31.7. The van der Waals surface area contributed by atoms with E-state index < -0.39 is 5.41 Å². The number of benzene rings is 5. The van der Waals surface area contributed by atoms with Crippen molar-refractivity contribution < 1.29 is 14.3 Å². The van der Waals surface area contributed by atoms with Crippen molar-refractivity contribution in [1.29, 1.82) is 0 Å². The molecule has 5 heteroatoms. The number of para-hydroxylation sites is 3. The molecular weight excluding hydrogens is 653 g/mol. The summed E-state index contributed by atoms with van der Waals surface area (Å²) in [6.45, 7) is 9.69. The average molecular weight is 705 g/mol. The quantitative estimate of drug-likeness (QED) is 0.0606. The summed E-state index contributed by atoms with van der Waals surface area (Å²) in [5.74, 6) is -0.128. The molecule has 1 fully saturated rings. The van der Waals surface area contributed by atoms with Gasteiger partial charge in [0.25, 0.3) is 0 Å². The van der Waals surface area contributed by atoms with Gasteiger partial charge in [0, 0.05) is 32.9 Å². The van der Waals surface area contributed by atoms with E-state index in [-0.39, 0.29) is 17.5 Å². The molecule has 7 aromatic rings. The molecule has 2 aromatic heterocycles. The third-order valence-corrected chi connectivity index (χ3v) is 12.1. The van der Waals surface area contributed by atoms with E-state index in [4.69, 9.17) is 9.47 Å². The van der Waals surface area contributed by atoms with E-state index in [1.807, 2.05) is 0 Å². The molecule has 8 rings (SSSR count). The maximum absolute atomic E-state index is 14.1. The Bertz CT molecular complexity index is 2400. The lowest BCUT2D eigenvalue weighted by atomic mass is 9.70. The van der Waals surface area contributed by atoms with Gasteiger partial charge in [-0.2, -0.15) is 0 Å². The second-order valence-corrected chi connectivity index (χ2v) is 15.4. The van der Waals surface area contributed by atoms with Crippen molar-refractivity contribution in [3.8, 4) is 11.4 Å². The standard InChI is InChI=1S/C48H52N2O3/c1-5-8-9-10-18-30-48(33-53-48)32-52-46(51)47(4,7-3)40(6-2)34-20-19-23-36(31-34)49-42-27-17-15-25-39(42)44-43(49)29-28-38-37-24-14-16-26-41(37)50(45(38)44)35-21-12-11-13-22-35/h11-17,19-29,31,40H,5-10,18,30,32-33H2,1-4H3. The Morgan fingerprint density at radius 1 is 0.736 bits per heavy atom. The van der Waals surface area contributed by atoms with E-state index in [2.05, 4.69) is 152 Å². The van der Waals surface area contributed by atoms with Gasteiger partial charge in [-0.25, -0.2) is 0 Å². The van der Waals surface area contributed by atoms with Gasteiger partial charge in [0.15, 0.2) is 0 Å². The lowest BCUT2D eigenvalue weighted by Crippen LogP contribution is -2.37. The molecule has 0 spiro atoms. The molecule has 5 aromatic carbocycles. The van der Waals surface area contributed by atoms with Gasteiger partial charge in [0.05, 0.1) is 34.1 Å². The second-order valence-electron chi connectivity index (χ2n) is 15.4. The van der Waals surface area contributed by atoms with Crippen molar-refractivity contribution in [3.63, 3.8) is 0 Å². The molecule has 1 saturated heterocycles. The zero-order chi connectivity index (χ0) is 36.6. The molecule has 1 aliphatic heterocycles. The van der Waals surface area contributed by atoms with Crippen molar-refractivity contribution in [2.45, 2.75) is 90.6 Å². The Morgan fingerprint density at radius 3 is 2.13 bits per heavy atom. The first kappa shape index (κ1) is 35.2. The Kier molecular flexibility index (Phi) is 9.63. The first-order valence-electron chi connectivity index (χ1n) is 19.8. The van der Waals surface area contributed by atoms with Crippen molar-refractivity contribution >= 4 is 49.6 Å². The summed E-state index contributed by atoms with van der Waals surface area (Å²) in [6, 6.07) is 41.6. The van der Waals surface area contributed by atoms with Gasteiger partial charge in [-0.05, 0) is 80.1 Å². The highest BCUT2D eigenvalue weighted by Gasteiger charge is 2.48. The lowest BCUT2D eigenvalue weighted by Gasteiger charge is -2.35. The summed E-state index contributed by atoms with van der Waals surface area (Å²) in [7, 11) is 0.